The molecule has 0 atom stereocenters. The van der Waals surface area contributed by atoms with Crippen LogP contribution in [0.3, 0.4) is 0 Å². The lowest BCUT2D eigenvalue weighted by molar-refractivity contribution is 0.410. The van der Waals surface area contributed by atoms with Crippen LogP contribution in [0.4, 0.5) is 0 Å². The maximum atomic E-state index is 5.95. The predicted octanol–water partition coefficient (Wildman–Crippen LogP) is 3.57. The fourth-order valence-corrected chi connectivity index (χ4v) is 1.85. The molecule has 0 unspecified atom stereocenters. The van der Waals surface area contributed by atoms with Crippen molar-refractivity contribution in [2.24, 2.45) is 0 Å². The van der Waals surface area contributed by atoms with Crippen molar-refractivity contribution in [3.05, 3.63) is 27.7 Å². The molecule has 0 saturated carbocycles. The number of hydrogen-bond acceptors (Lipinski definition) is 1. The van der Waals surface area contributed by atoms with Crippen molar-refractivity contribution in [3.63, 3.8) is 0 Å². The maximum Gasteiger partial charge on any atom is 0.140 e. The molecule has 0 aliphatic carbocycles. The van der Waals surface area contributed by atoms with Gasteiger partial charge in [-0.3, -0.25) is 0 Å². The minimum atomic E-state index is 0.520. The van der Waals surface area contributed by atoms with Gasteiger partial charge in [-0.05, 0) is 24.1 Å². The van der Waals surface area contributed by atoms with Crippen LogP contribution in [0.25, 0.3) is 0 Å². The normalized spacial score (nSPS) is 9.57. The van der Waals surface area contributed by atoms with Crippen LogP contribution in [0.5, 0.6) is 5.75 Å². The summed E-state index contributed by atoms with van der Waals surface area (Å²) in [6.07, 6.45) is 6.56. The predicted molar refractivity (Wildman–Crippen MR) is 60.2 cm³/mol. The number of halogens is 2. The highest BCUT2D eigenvalue weighted by Crippen LogP contribution is 2.32. The van der Waals surface area contributed by atoms with E-state index in [0.717, 1.165) is 12.0 Å². The molecule has 0 bridgehead atoms. The van der Waals surface area contributed by atoms with Gasteiger partial charge in [0.2, 0.25) is 0 Å². The first kappa shape index (κ1) is 11.2. The fraction of sp³-hybridized carbons (Fsp3) is 0.273. The number of terminal acetylenes is 1. The fourth-order valence-electron chi connectivity index (χ4n) is 1.23. The molecule has 0 aliphatic heterocycles. The van der Waals surface area contributed by atoms with Crippen molar-refractivity contribution in [1.29, 1.82) is 0 Å². The number of methoxy groups -OCH3 is 1. The largest absolute Gasteiger partial charge is 0.495 e. The second-order valence-corrected chi connectivity index (χ2v) is 3.63. The van der Waals surface area contributed by atoms with Crippen molar-refractivity contribution < 1.29 is 4.74 Å². The summed E-state index contributed by atoms with van der Waals surface area (Å²) in [5.74, 6) is 3.22. The highest BCUT2D eigenvalue weighted by molar-refractivity contribution is 6.35. The van der Waals surface area contributed by atoms with Gasteiger partial charge in [-0.15, -0.1) is 12.3 Å². The number of rotatable bonds is 3. The Bertz CT molecular complexity index is 366. The number of aryl methyl sites for hydroxylation is 1. The Morgan fingerprint density at radius 2 is 2.14 bits per heavy atom. The van der Waals surface area contributed by atoms with E-state index in [1.54, 1.807) is 13.2 Å². The van der Waals surface area contributed by atoms with Gasteiger partial charge in [-0.1, -0.05) is 23.2 Å². The van der Waals surface area contributed by atoms with Crippen molar-refractivity contribution >= 4 is 23.2 Å². The number of hydrogen-bond donors (Lipinski definition) is 0. The summed E-state index contributed by atoms with van der Waals surface area (Å²) in [6, 6.07) is 3.48. The van der Waals surface area contributed by atoms with E-state index < -0.39 is 0 Å². The highest BCUT2D eigenvalue weighted by atomic mass is 35.5. The molecule has 1 aromatic rings. The quantitative estimate of drug-likeness (QED) is 0.720. The Kier molecular flexibility index (Phi) is 4.13. The first-order valence-corrected chi connectivity index (χ1v) is 4.90. The molecule has 1 rings (SSSR count). The summed E-state index contributed by atoms with van der Waals surface area (Å²) in [4.78, 5) is 0. The van der Waals surface area contributed by atoms with Gasteiger partial charge in [-0.2, -0.15) is 0 Å². The van der Waals surface area contributed by atoms with E-state index in [1.807, 2.05) is 6.07 Å². The standard InChI is InChI=1S/C11H10Cl2O/c1-3-4-5-8-6-9(12)7-10(13)11(8)14-2/h1,6-7H,4-5H2,2H3. The zero-order valence-electron chi connectivity index (χ0n) is 7.81. The molecule has 1 aromatic carbocycles. The van der Waals surface area contributed by atoms with Gasteiger partial charge in [0.05, 0.1) is 12.1 Å². The van der Waals surface area contributed by atoms with E-state index in [4.69, 9.17) is 34.4 Å². The molecule has 0 radical (unpaired) electrons. The van der Waals surface area contributed by atoms with Gasteiger partial charge in [0.15, 0.2) is 0 Å². The van der Waals surface area contributed by atoms with E-state index in [0.29, 0.717) is 22.2 Å². The Morgan fingerprint density at radius 1 is 1.43 bits per heavy atom. The van der Waals surface area contributed by atoms with Gasteiger partial charge >= 0.3 is 0 Å². The molecule has 1 nitrogen and oxygen atoms in total. The van der Waals surface area contributed by atoms with Crippen LogP contribution in [-0.2, 0) is 6.42 Å². The zero-order valence-corrected chi connectivity index (χ0v) is 9.32. The van der Waals surface area contributed by atoms with Gasteiger partial charge in [0.1, 0.15) is 5.75 Å². The van der Waals surface area contributed by atoms with Crippen LogP contribution in [0.2, 0.25) is 10.0 Å². The third-order valence-electron chi connectivity index (χ3n) is 1.83. The minimum Gasteiger partial charge on any atom is -0.495 e. The van der Waals surface area contributed by atoms with Crippen molar-refractivity contribution in [2.45, 2.75) is 12.8 Å². The molecule has 0 N–H and O–H groups in total. The molecular weight excluding hydrogens is 219 g/mol. The van der Waals surface area contributed by atoms with Gasteiger partial charge in [0.25, 0.3) is 0 Å². The molecule has 74 valence electrons. The molecule has 3 heteroatoms. The molecule has 0 spiro atoms. The van der Waals surface area contributed by atoms with E-state index >= 15 is 0 Å². The van der Waals surface area contributed by atoms with E-state index in [2.05, 4.69) is 5.92 Å². The Hall–Kier alpha value is -0.840. The zero-order chi connectivity index (χ0) is 10.6. The van der Waals surface area contributed by atoms with Crippen molar-refractivity contribution in [3.8, 4) is 18.1 Å². The summed E-state index contributed by atoms with van der Waals surface area (Å²) in [5, 5.41) is 1.12. The molecule has 0 aromatic heterocycles. The first-order valence-electron chi connectivity index (χ1n) is 4.14. The molecule has 14 heavy (non-hydrogen) atoms. The molecule has 0 aliphatic rings. The molecule has 0 amide bonds. The van der Waals surface area contributed by atoms with Gasteiger partial charge in [-0.25, -0.2) is 0 Å². The highest BCUT2D eigenvalue weighted by Gasteiger charge is 2.08. The van der Waals surface area contributed by atoms with Crippen LogP contribution in [0.15, 0.2) is 12.1 Å². The summed E-state index contributed by atoms with van der Waals surface area (Å²) in [7, 11) is 1.58. The molecular formula is C11H10Cl2O. The third-order valence-corrected chi connectivity index (χ3v) is 2.33. The second kappa shape index (κ2) is 5.14. The van der Waals surface area contributed by atoms with Crippen LogP contribution < -0.4 is 4.74 Å². The van der Waals surface area contributed by atoms with E-state index in [1.165, 1.54) is 0 Å². The second-order valence-electron chi connectivity index (χ2n) is 2.78. The monoisotopic (exact) mass is 228 g/mol. The summed E-state index contributed by atoms with van der Waals surface area (Å²) >= 11 is 11.8. The van der Waals surface area contributed by atoms with Crippen molar-refractivity contribution in [2.75, 3.05) is 7.11 Å². The van der Waals surface area contributed by atoms with Crippen LogP contribution in [-0.4, -0.2) is 7.11 Å². The average Bonchev–Trinajstić information content (AvgIpc) is 2.14. The lowest BCUT2D eigenvalue weighted by Crippen LogP contribution is -1.93. The lowest BCUT2D eigenvalue weighted by atomic mass is 10.1. The van der Waals surface area contributed by atoms with Gasteiger partial charge in [0, 0.05) is 11.4 Å². The average molecular weight is 229 g/mol. The minimum absolute atomic E-state index is 0.520. The van der Waals surface area contributed by atoms with E-state index in [-0.39, 0.29) is 0 Å². The van der Waals surface area contributed by atoms with E-state index in [9.17, 15) is 0 Å². The molecule has 0 fully saturated rings. The SMILES string of the molecule is C#CCCc1cc(Cl)cc(Cl)c1OC. The Balaban J connectivity index is 3.06. The number of benzene rings is 1. The summed E-state index contributed by atoms with van der Waals surface area (Å²) in [6.45, 7) is 0. The molecule has 0 saturated heterocycles. The Morgan fingerprint density at radius 3 is 2.71 bits per heavy atom. The maximum absolute atomic E-state index is 5.95. The van der Waals surface area contributed by atoms with Crippen LogP contribution in [0.1, 0.15) is 12.0 Å². The van der Waals surface area contributed by atoms with Crippen molar-refractivity contribution in [1.82, 2.24) is 0 Å². The topological polar surface area (TPSA) is 9.23 Å². The Labute approximate surface area is 94.0 Å². The summed E-state index contributed by atoms with van der Waals surface area (Å²) in [5.41, 5.74) is 0.947. The summed E-state index contributed by atoms with van der Waals surface area (Å²) < 4.78 is 5.17. The van der Waals surface area contributed by atoms with Gasteiger partial charge < -0.3 is 4.74 Å². The first-order chi connectivity index (χ1) is 6.69. The third kappa shape index (κ3) is 2.57. The molecule has 0 heterocycles. The van der Waals surface area contributed by atoms with Crippen LogP contribution in [0, 0.1) is 12.3 Å². The smallest absolute Gasteiger partial charge is 0.140 e. The lowest BCUT2D eigenvalue weighted by Gasteiger charge is -2.09. The number of ether oxygens (including phenoxy) is 1. The van der Waals surface area contributed by atoms with Crippen LogP contribution >= 0.6 is 23.2 Å².